The third kappa shape index (κ3) is 3.75. The molecule has 0 spiro atoms. The first kappa shape index (κ1) is 16.3. The fourth-order valence-electron chi connectivity index (χ4n) is 2.79. The number of benzene rings is 1. The molecule has 0 radical (unpaired) electrons. The van der Waals surface area contributed by atoms with E-state index in [0.29, 0.717) is 31.3 Å². The van der Waals surface area contributed by atoms with E-state index in [1.165, 1.54) is 0 Å². The first-order valence-electron chi connectivity index (χ1n) is 8.45. The van der Waals surface area contributed by atoms with E-state index in [4.69, 9.17) is 9.26 Å². The van der Waals surface area contributed by atoms with Gasteiger partial charge < -0.3 is 19.5 Å². The predicted molar refractivity (Wildman–Crippen MR) is 95.3 cm³/mol. The molecule has 1 N–H and O–H groups in total. The van der Waals surface area contributed by atoms with Crippen LogP contribution in [0, 0.1) is 0 Å². The number of rotatable bonds is 5. The highest BCUT2D eigenvalue weighted by Crippen LogP contribution is 2.18. The average molecular weight is 353 g/mol. The third-order valence-corrected chi connectivity index (χ3v) is 4.13. The normalized spacial score (nSPS) is 14.4. The van der Waals surface area contributed by atoms with Crippen molar-refractivity contribution in [1.82, 2.24) is 14.9 Å². The Morgan fingerprint density at radius 1 is 1.19 bits per heavy atom. The topological polar surface area (TPSA) is 85.4 Å². The lowest BCUT2D eigenvalue weighted by Gasteiger charge is -2.25. The Kier molecular flexibility index (Phi) is 4.65. The predicted octanol–water partition coefficient (Wildman–Crippen LogP) is 2.01. The Bertz CT molecular complexity index is 868. The minimum absolute atomic E-state index is 0.238. The quantitative estimate of drug-likeness (QED) is 0.755. The third-order valence-electron chi connectivity index (χ3n) is 4.13. The van der Waals surface area contributed by atoms with Crippen molar-refractivity contribution in [1.29, 1.82) is 0 Å². The van der Waals surface area contributed by atoms with Crippen molar-refractivity contribution in [2.24, 2.45) is 0 Å². The lowest BCUT2D eigenvalue weighted by Crippen LogP contribution is -2.35. The number of ether oxygens (including phenoxy) is 1. The number of carbonyl (C=O) groups excluding carboxylic acids is 1. The fourth-order valence-corrected chi connectivity index (χ4v) is 2.79. The summed E-state index contributed by atoms with van der Waals surface area (Å²) in [5, 5.41) is 10.9. The zero-order chi connectivity index (χ0) is 17.8. The molecule has 3 aromatic rings. The molecule has 1 saturated heterocycles. The smallest absolute Gasteiger partial charge is 0.278 e. The Labute approximate surface area is 150 Å². The highest BCUT2D eigenvalue weighted by atomic mass is 16.5. The molecule has 0 atom stereocenters. The van der Waals surface area contributed by atoms with E-state index >= 15 is 0 Å². The molecule has 0 aliphatic carbocycles. The summed E-state index contributed by atoms with van der Waals surface area (Å²) in [6.45, 7) is 3.37. The monoisotopic (exact) mass is 353 g/mol. The van der Waals surface area contributed by atoms with E-state index in [1.807, 2.05) is 35.2 Å². The van der Waals surface area contributed by atoms with Gasteiger partial charge in [-0.1, -0.05) is 35.5 Å². The van der Waals surface area contributed by atoms with E-state index in [2.05, 4.69) is 15.6 Å². The molecule has 0 bridgehead atoms. The van der Waals surface area contributed by atoms with Crippen molar-refractivity contribution in [3.05, 3.63) is 60.0 Å². The van der Waals surface area contributed by atoms with Crippen molar-refractivity contribution in [3.63, 3.8) is 0 Å². The highest BCUT2D eigenvalue weighted by molar-refractivity contribution is 6.03. The molecule has 1 fully saturated rings. The molecular formula is C18H19N5O3. The summed E-state index contributed by atoms with van der Waals surface area (Å²) < 4.78 is 12.4. The molecule has 8 nitrogen and oxygen atoms in total. The molecule has 1 aromatic carbocycles. The summed E-state index contributed by atoms with van der Waals surface area (Å²) in [5.41, 5.74) is 1.99. The van der Waals surface area contributed by atoms with Crippen molar-refractivity contribution in [2.45, 2.75) is 6.54 Å². The average Bonchev–Trinajstić information content (AvgIpc) is 3.33. The van der Waals surface area contributed by atoms with Crippen LogP contribution in [0.25, 0.3) is 0 Å². The summed E-state index contributed by atoms with van der Waals surface area (Å²) >= 11 is 0. The summed E-state index contributed by atoms with van der Waals surface area (Å²) in [5.74, 6) is 0.255. The molecule has 26 heavy (non-hydrogen) atoms. The molecule has 0 unspecified atom stereocenters. The number of hydrogen-bond acceptors (Lipinski definition) is 6. The number of anilines is 2. The Morgan fingerprint density at radius 3 is 2.81 bits per heavy atom. The van der Waals surface area contributed by atoms with Gasteiger partial charge in [-0.2, -0.15) is 5.10 Å². The molecule has 134 valence electrons. The minimum Gasteiger partial charge on any atom is -0.378 e. The van der Waals surface area contributed by atoms with E-state index in [0.717, 1.165) is 18.7 Å². The maximum absolute atomic E-state index is 12.4. The Morgan fingerprint density at radius 2 is 2.00 bits per heavy atom. The van der Waals surface area contributed by atoms with Gasteiger partial charge in [0.2, 0.25) is 5.88 Å². The number of nitrogens with zero attached hydrogens (tertiary/aromatic N) is 4. The second-order valence-electron chi connectivity index (χ2n) is 6.02. The summed E-state index contributed by atoms with van der Waals surface area (Å²) in [7, 11) is 0. The number of amides is 1. The van der Waals surface area contributed by atoms with Crippen LogP contribution < -0.4 is 10.2 Å². The first-order chi connectivity index (χ1) is 12.8. The molecule has 0 saturated carbocycles. The maximum Gasteiger partial charge on any atom is 0.278 e. The fraction of sp³-hybridized carbons (Fsp3) is 0.278. The SMILES string of the molecule is O=C(Nc1cnn(Cc2ccccc2)c1)c1cc(N2CCOCC2)on1. The molecular weight excluding hydrogens is 334 g/mol. The van der Waals surface area contributed by atoms with Crippen LogP contribution in [-0.4, -0.2) is 47.1 Å². The van der Waals surface area contributed by atoms with E-state index in [9.17, 15) is 4.79 Å². The lowest BCUT2D eigenvalue weighted by atomic mass is 10.2. The molecule has 8 heteroatoms. The molecule has 1 aliphatic heterocycles. The molecule has 3 heterocycles. The van der Waals surface area contributed by atoms with Gasteiger partial charge in [0.1, 0.15) is 0 Å². The number of morpholine rings is 1. The largest absolute Gasteiger partial charge is 0.378 e. The van der Waals surface area contributed by atoms with Crippen LogP contribution >= 0.6 is 0 Å². The summed E-state index contributed by atoms with van der Waals surface area (Å²) in [4.78, 5) is 14.4. The van der Waals surface area contributed by atoms with Crippen LogP contribution in [0.3, 0.4) is 0 Å². The van der Waals surface area contributed by atoms with Gasteiger partial charge in [0.05, 0.1) is 31.6 Å². The Balaban J connectivity index is 1.38. The zero-order valence-electron chi connectivity index (χ0n) is 14.2. The van der Waals surface area contributed by atoms with Gasteiger partial charge in [-0.3, -0.25) is 9.48 Å². The van der Waals surface area contributed by atoms with E-state index in [1.54, 1.807) is 23.1 Å². The van der Waals surface area contributed by atoms with Gasteiger partial charge in [-0.05, 0) is 5.56 Å². The van der Waals surface area contributed by atoms with Crippen molar-refractivity contribution in [2.75, 3.05) is 36.5 Å². The molecule has 1 aliphatic rings. The lowest BCUT2D eigenvalue weighted by molar-refractivity contribution is 0.101. The van der Waals surface area contributed by atoms with Crippen LogP contribution in [0.1, 0.15) is 16.1 Å². The number of nitrogens with one attached hydrogen (secondary N) is 1. The highest BCUT2D eigenvalue weighted by Gasteiger charge is 2.19. The van der Waals surface area contributed by atoms with E-state index in [-0.39, 0.29) is 11.6 Å². The van der Waals surface area contributed by atoms with Crippen molar-refractivity contribution < 1.29 is 14.1 Å². The molecule has 2 aromatic heterocycles. The molecule has 1 amide bonds. The Hall–Kier alpha value is -3.13. The van der Waals surface area contributed by atoms with Gasteiger partial charge >= 0.3 is 0 Å². The number of carbonyl (C=O) groups is 1. The van der Waals surface area contributed by atoms with Crippen LogP contribution in [0.2, 0.25) is 0 Å². The molecule has 4 rings (SSSR count). The number of aromatic nitrogens is 3. The maximum atomic E-state index is 12.4. The standard InChI is InChI=1S/C18H19N5O3/c24-18(16-10-17(26-21-16)22-6-8-25-9-7-22)20-15-11-19-23(13-15)12-14-4-2-1-3-5-14/h1-5,10-11,13H,6-9,12H2,(H,20,24). The van der Waals surface area contributed by atoms with Gasteiger partial charge in [0.25, 0.3) is 5.91 Å². The van der Waals surface area contributed by atoms with Gasteiger partial charge in [-0.15, -0.1) is 0 Å². The summed E-state index contributed by atoms with van der Waals surface area (Å²) in [6, 6.07) is 11.7. The van der Waals surface area contributed by atoms with Gasteiger partial charge in [0.15, 0.2) is 5.69 Å². The van der Waals surface area contributed by atoms with Crippen molar-refractivity contribution in [3.8, 4) is 0 Å². The minimum atomic E-state index is -0.326. The van der Waals surface area contributed by atoms with Crippen molar-refractivity contribution >= 4 is 17.5 Å². The first-order valence-corrected chi connectivity index (χ1v) is 8.45. The summed E-state index contributed by atoms with van der Waals surface area (Å²) in [6.07, 6.45) is 3.40. The second-order valence-corrected chi connectivity index (χ2v) is 6.02. The van der Waals surface area contributed by atoms with Crippen LogP contribution in [0.15, 0.2) is 53.3 Å². The van der Waals surface area contributed by atoms with Crippen LogP contribution in [0.4, 0.5) is 11.6 Å². The van der Waals surface area contributed by atoms with Crippen LogP contribution in [0.5, 0.6) is 0 Å². The van der Waals surface area contributed by atoms with E-state index < -0.39 is 0 Å². The van der Waals surface area contributed by atoms with Gasteiger partial charge in [0, 0.05) is 25.4 Å². The van der Waals surface area contributed by atoms with Gasteiger partial charge in [-0.25, -0.2) is 0 Å². The van der Waals surface area contributed by atoms with Crippen LogP contribution in [-0.2, 0) is 11.3 Å². The zero-order valence-corrected chi connectivity index (χ0v) is 14.2. The second kappa shape index (κ2) is 7.40. The number of hydrogen-bond donors (Lipinski definition) is 1.